The van der Waals surface area contributed by atoms with Gasteiger partial charge in [-0.05, 0) is 18.6 Å². The fourth-order valence-electron chi connectivity index (χ4n) is 2.10. The minimum absolute atomic E-state index is 0.137. The van der Waals surface area contributed by atoms with Crippen LogP contribution < -0.4 is 5.73 Å². The first-order chi connectivity index (χ1) is 8.15. The maximum absolute atomic E-state index is 12.0. The van der Waals surface area contributed by atoms with E-state index < -0.39 is 0 Å². The molecule has 1 aromatic carbocycles. The molecule has 17 heavy (non-hydrogen) atoms. The number of imide groups is 1. The van der Waals surface area contributed by atoms with Crippen molar-refractivity contribution in [1.82, 2.24) is 4.90 Å². The van der Waals surface area contributed by atoms with E-state index in [0.717, 1.165) is 12.8 Å². The Bertz CT molecular complexity index is 421. The second-order valence-electron chi connectivity index (χ2n) is 4.32. The van der Waals surface area contributed by atoms with Crippen LogP contribution in [0.15, 0.2) is 24.3 Å². The average molecular weight is 232 g/mol. The highest BCUT2D eigenvalue weighted by molar-refractivity contribution is 6.21. The van der Waals surface area contributed by atoms with Crippen molar-refractivity contribution >= 4 is 11.8 Å². The lowest BCUT2D eigenvalue weighted by Gasteiger charge is -2.18. The molecule has 1 aliphatic rings. The van der Waals surface area contributed by atoms with Gasteiger partial charge in [0.1, 0.15) is 0 Å². The predicted molar refractivity (Wildman–Crippen MR) is 64.7 cm³/mol. The minimum Gasteiger partial charge on any atom is -0.326 e. The monoisotopic (exact) mass is 232 g/mol. The molecule has 4 heteroatoms. The number of carbonyl (C=O) groups is 2. The van der Waals surface area contributed by atoms with E-state index in [-0.39, 0.29) is 17.9 Å². The summed E-state index contributed by atoms with van der Waals surface area (Å²) in [5, 5.41) is 0. The van der Waals surface area contributed by atoms with Crippen LogP contribution >= 0.6 is 0 Å². The Morgan fingerprint density at radius 2 is 1.71 bits per heavy atom. The zero-order valence-electron chi connectivity index (χ0n) is 9.85. The van der Waals surface area contributed by atoms with Crippen molar-refractivity contribution in [3.05, 3.63) is 35.4 Å². The van der Waals surface area contributed by atoms with E-state index in [2.05, 4.69) is 0 Å². The molecule has 0 spiro atoms. The van der Waals surface area contributed by atoms with Crippen LogP contribution in [-0.2, 0) is 0 Å². The lowest BCUT2D eigenvalue weighted by molar-refractivity contribution is 0.0643. The Morgan fingerprint density at radius 3 is 2.18 bits per heavy atom. The zero-order valence-corrected chi connectivity index (χ0v) is 9.85. The van der Waals surface area contributed by atoms with Crippen molar-refractivity contribution < 1.29 is 9.59 Å². The van der Waals surface area contributed by atoms with Crippen LogP contribution in [0, 0.1) is 0 Å². The van der Waals surface area contributed by atoms with Crippen LogP contribution in [0.5, 0.6) is 0 Å². The molecular weight excluding hydrogens is 216 g/mol. The summed E-state index contributed by atoms with van der Waals surface area (Å²) in [6, 6.07) is 6.75. The number of carbonyl (C=O) groups excluding carboxylic acids is 2. The number of fused-ring (bicyclic) bond motifs is 1. The van der Waals surface area contributed by atoms with Gasteiger partial charge >= 0.3 is 0 Å². The van der Waals surface area contributed by atoms with Crippen LogP contribution in [0.2, 0.25) is 0 Å². The molecule has 0 saturated heterocycles. The van der Waals surface area contributed by atoms with Gasteiger partial charge in [-0.3, -0.25) is 14.5 Å². The van der Waals surface area contributed by atoms with Crippen molar-refractivity contribution in [1.29, 1.82) is 0 Å². The number of hydrogen-bond donors (Lipinski definition) is 1. The summed E-state index contributed by atoms with van der Waals surface area (Å²) in [5.41, 5.74) is 6.85. The number of nitrogens with zero attached hydrogens (tertiary/aromatic N) is 1. The molecule has 1 aliphatic heterocycles. The summed E-state index contributed by atoms with van der Waals surface area (Å²) in [6.45, 7) is 2.34. The standard InChI is InChI=1S/C13H16N2O2/c1-2-5-9(14)8-15-12(16)10-6-3-4-7-11(10)13(15)17/h3-4,6-7,9H,2,5,8,14H2,1H3/t9-/m1/s1. The number of hydrogen-bond acceptors (Lipinski definition) is 3. The molecule has 0 fully saturated rings. The van der Waals surface area contributed by atoms with Crippen molar-refractivity contribution in [2.45, 2.75) is 25.8 Å². The maximum atomic E-state index is 12.0. The Morgan fingerprint density at radius 1 is 1.18 bits per heavy atom. The molecule has 2 rings (SSSR count). The molecule has 0 saturated carbocycles. The molecule has 0 unspecified atom stereocenters. The summed E-state index contributed by atoms with van der Waals surface area (Å²) in [6.07, 6.45) is 1.76. The molecule has 0 bridgehead atoms. The number of rotatable bonds is 4. The Labute approximate surface area is 100 Å². The van der Waals surface area contributed by atoms with E-state index in [1.54, 1.807) is 24.3 Å². The van der Waals surface area contributed by atoms with E-state index in [1.165, 1.54) is 4.90 Å². The molecule has 2 N–H and O–H groups in total. The number of amides is 2. The van der Waals surface area contributed by atoms with Gasteiger partial charge in [-0.15, -0.1) is 0 Å². The molecule has 4 nitrogen and oxygen atoms in total. The van der Waals surface area contributed by atoms with E-state index >= 15 is 0 Å². The topological polar surface area (TPSA) is 63.4 Å². The average Bonchev–Trinajstić information content (AvgIpc) is 2.56. The third-order valence-electron chi connectivity index (χ3n) is 2.95. The molecule has 0 aliphatic carbocycles. The van der Waals surface area contributed by atoms with Gasteiger partial charge in [-0.1, -0.05) is 25.5 Å². The van der Waals surface area contributed by atoms with E-state index in [1.807, 2.05) is 6.92 Å². The maximum Gasteiger partial charge on any atom is 0.261 e. The Kier molecular flexibility index (Phi) is 3.24. The smallest absolute Gasteiger partial charge is 0.261 e. The molecule has 1 heterocycles. The van der Waals surface area contributed by atoms with Crippen molar-refractivity contribution in [3.63, 3.8) is 0 Å². The molecule has 0 radical (unpaired) electrons. The molecular formula is C13H16N2O2. The molecule has 1 atom stereocenters. The highest BCUT2D eigenvalue weighted by Gasteiger charge is 2.35. The van der Waals surface area contributed by atoms with Crippen LogP contribution in [0.25, 0.3) is 0 Å². The Balaban J connectivity index is 2.19. The highest BCUT2D eigenvalue weighted by atomic mass is 16.2. The molecule has 90 valence electrons. The summed E-state index contributed by atoms with van der Waals surface area (Å²) >= 11 is 0. The second-order valence-corrected chi connectivity index (χ2v) is 4.32. The van der Waals surface area contributed by atoms with Gasteiger partial charge in [0, 0.05) is 12.6 Å². The fourth-order valence-corrected chi connectivity index (χ4v) is 2.10. The fraction of sp³-hybridized carbons (Fsp3) is 0.385. The molecule has 1 aromatic rings. The third kappa shape index (κ3) is 2.08. The van der Waals surface area contributed by atoms with Crippen molar-refractivity contribution in [2.75, 3.05) is 6.54 Å². The van der Waals surface area contributed by atoms with E-state index in [4.69, 9.17) is 5.73 Å². The minimum atomic E-state index is -0.225. The number of nitrogens with two attached hydrogens (primary N) is 1. The lowest BCUT2D eigenvalue weighted by atomic mass is 10.1. The normalized spacial score (nSPS) is 16.2. The number of benzene rings is 1. The lowest BCUT2D eigenvalue weighted by Crippen LogP contribution is -2.40. The first-order valence-corrected chi connectivity index (χ1v) is 5.86. The summed E-state index contributed by atoms with van der Waals surface area (Å²) in [5.74, 6) is -0.450. The third-order valence-corrected chi connectivity index (χ3v) is 2.95. The first kappa shape index (κ1) is 11.8. The second kappa shape index (κ2) is 4.67. The van der Waals surface area contributed by atoms with Crippen LogP contribution in [0.3, 0.4) is 0 Å². The van der Waals surface area contributed by atoms with Gasteiger partial charge in [0.15, 0.2) is 0 Å². The van der Waals surface area contributed by atoms with E-state index in [0.29, 0.717) is 17.7 Å². The summed E-state index contributed by atoms with van der Waals surface area (Å²) in [7, 11) is 0. The molecule has 2 amide bonds. The van der Waals surface area contributed by atoms with Gasteiger partial charge in [0.05, 0.1) is 11.1 Å². The van der Waals surface area contributed by atoms with Gasteiger partial charge in [-0.2, -0.15) is 0 Å². The Hall–Kier alpha value is -1.68. The largest absolute Gasteiger partial charge is 0.326 e. The summed E-state index contributed by atoms with van der Waals surface area (Å²) < 4.78 is 0. The molecule has 0 aromatic heterocycles. The van der Waals surface area contributed by atoms with Crippen LogP contribution in [0.1, 0.15) is 40.5 Å². The van der Waals surface area contributed by atoms with Gasteiger partial charge in [-0.25, -0.2) is 0 Å². The van der Waals surface area contributed by atoms with Crippen LogP contribution in [-0.4, -0.2) is 29.3 Å². The van der Waals surface area contributed by atoms with Gasteiger partial charge in [0.2, 0.25) is 0 Å². The van der Waals surface area contributed by atoms with Crippen LogP contribution in [0.4, 0.5) is 0 Å². The van der Waals surface area contributed by atoms with Gasteiger partial charge < -0.3 is 5.73 Å². The first-order valence-electron chi connectivity index (χ1n) is 5.86. The SMILES string of the molecule is CCC[C@@H](N)CN1C(=O)c2ccccc2C1=O. The quantitative estimate of drug-likeness (QED) is 0.798. The summed E-state index contributed by atoms with van der Waals surface area (Å²) in [4.78, 5) is 25.2. The van der Waals surface area contributed by atoms with E-state index in [9.17, 15) is 9.59 Å². The highest BCUT2D eigenvalue weighted by Crippen LogP contribution is 2.22. The predicted octanol–water partition coefficient (Wildman–Crippen LogP) is 1.41. The van der Waals surface area contributed by atoms with Crippen molar-refractivity contribution in [2.24, 2.45) is 5.73 Å². The van der Waals surface area contributed by atoms with Gasteiger partial charge in [0.25, 0.3) is 11.8 Å². The zero-order chi connectivity index (χ0) is 12.4. The van der Waals surface area contributed by atoms with Crippen molar-refractivity contribution in [3.8, 4) is 0 Å².